The molecule has 0 aliphatic carbocycles. The van der Waals surface area contributed by atoms with E-state index in [2.05, 4.69) is 4.74 Å². The summed E-state index contributed by atoms with van der Waals surface area (Å²) in [5.41, 5.74) is 0.775. The van der Waals surface area contributed by atoms with Crippen molar-refractivity contribution >= 4 is 23.5 Å². The van der Waals surface area contributed by atoms with E-state index < -0.39 is 16.8 Å². The Labute approximate surface area is 92.0 Å². The van der Waals surface area contributed by atoms with E-state index in [-0.39, 0.29) is 12.8 Å². The summed E-state index contributed by atoms with van der Waals surface area (Å²) in [6, 6.07) is 9.11. The first-order chi connectivity index (χ1) is 7.10. The lowest BCUT2D eigenvalue weighted by Crippen LogP contribution is -2.34. The van der Waals surface area contributed by atoms with E-state index in [0.29, 0.717) is 0 Å². The third-order valence-corrected chi connectivity index (χ3v) is 2.85. The monoisotopic (exact) mass is 224 g/mol. The van der Waals surface area contributed by atoms with Gasteiger partial charge in [0, 0.05) is 0 Å². The third kappa shape index (κ3) is 2.02. The molecular weight excluding hydrogens is 216 g/mol. The highest BCUT2D eigenvalue weighted by molar-refractivity contribution is 6.27. The van der Waals surface area contributed by atoms with Gasteiger partial charge in [0.1, 0.15) is 0 Å². The van der Waals surface area contributed by atoms with Crippen molar-refractivity contribution < 1.29 is 14.3 Å². The summed E-state index contributed by atoms with van der Waals surface area (Å²) in [7, 11) is 0. The van der Waals surface area contributed by atoms with Gasteiger partial charge < -0.3 is 4.74 Å². The van der Waals surface area contributed by atoms with E-state index >= 15 is 0 Å². The molecule has 1 aromatic carbocycles. The van der Waals surface area contributed by atoms with Gasteiger partial charge in [-0.15, -0.1) is 11.6 Å². The van der Waals surface area contributed by atoms with Crippen LogP contribution in [0.1, 0.15) is 18.4 Å². The van der Waals surface area contributed by atoms with Crippen molar-refractivity contribution in [1.82, 2.24) is 0 Å². The average Bonchev–Trinajstić information content (AvgIpc) is 2.17. The van der Waals surface area contributed by atoms with Gasteiger partial charge in [0.2, 0.25) is 0 Å². The molecule has 0 amide bonds. The van der Waals surface area contributed by atoms with Gasteiger partial charge in [0.15, 0.2) is 0 Å². The Morgan fingerprint density at radius 2 is 1.60 bits per heavy atom. The van der Waals surface area contributed by atoms with Crippen molar-refractivity contribution in [2.75, 3.05) is 0 Å². The summed E-state index contributed by atoms with van der Waals surface area (Å²) in [6.07, 6.45) is 0.0641. The highest BCUT2D eigenvalue weighted by atomic mass is 35.5. The molecule has 1 aliphatic heterocycles. The number of benzene rings is 1. The maximum Gasteiger partial charge on any atom is 0.315 e. The highest BCUT2D eigenvalue weighted by Crippen LogP contribution is 2.39. The van der Waals surface area contributed by atoms with Gasteiger partial charge in [-0.05, 0) is 5.56 Å². The van der Waals surface area contributed by atoms with Crippen LogP contribution in [0, 0.1) is 0 Å². The van der Waals surface area contributed by atoms with Gasteiger partial charge in [-0.1, -0.05) is 30.3 Å². The van der Waals surface area contributed by atoms with Gasteiger partial charge in [0.25, 0.3) is 0 Å². The normalized spacial score (nSPS) is 19.8. The van der Waals surface area contributed by atoms with Gasteiger partial charge in [-0.2, -0.15) is 0 Å². The van der Waals surface area contributed by atoms with E-state index in [1.807, 2.05) is 18.2 Å². The summed E-state index contributed by atoms with van der Waals surface area (Å²) in [4.78, 5) is 21.3. The minimum Gasteiger partial charge on any atom is -0.393 e. The minimum atomic E-state index is -0.937. The van der Waals surface area contributed by atoms with Gasteiger partial charge in [-0.25, -0.2) is 0 Å². The lowest BCUT2D eigenvalue weighted by molar-refractivity contribution is -0.164. The molecular formula is C11H9ClO3. The Morgan fingerprint density at radius 1 is 1.07 bits per heavy atom. The second kappa shape index (κ2) is 3.66. The number of hydrogen-bond donors (Lipinski definition) is 0. The largest absolute Gasteiger partial charge is 0.393 e. The molecule has 78 valence electrons. The van der Waals surface area contributed by atoms with Crippen LogP contribution in [0.4, 0.5) is 0 Å². The number of esters is 2. The number of ether oxygens (including phenoxy) is 1. The van der Waals surface area contributed by atoms with E-state index in [0.717, 1.165) is 5.56 Å². The number of alkyl halides is 1. The van der Waals surface area contributed by atoms with Crippen molar-refractivity contribution in [3.63, 3.8) is 0 Å². The lowest BCUT2D eigenvalue weighted by Gasteiger charge is -2.28. The number of carbonyl (C=O) groups is 2. The molecule has 1 fully saturated rings. The first-order valence-electron chi connectivity index (χ1n) is 4.58. The summed E-state index contributed by atoms with van der Waals surface area (Å²) >= 11 is 6.27. The van der Waals surface area contributed by atoms with Crippen molar-refractivity contribution in [2.24, 2.45) is 0 Å². The van der Waals surface area contributed by atoms with Crippen LogP contribution in [0.5, 0.6) is 0 Å². The minimum absolute atomic E-state index is 0.0321. The Kier molecular flexibility index (Phi) is 2.49. The average molecular weight is 225 g/mol. The quantitative estimate of drug-likeness (QED) is 0.416. The number of halogens is 1. The van der Waals surface area contributed by atoms with Crippen LogP contribution >= 0.6 is 11.6 Å². The SMILES string of the molecule is O=C1CC(Cl)(c2ccccc2)CC(=O)O1. The number of hydrogen-bond acceptors (Lipinski definition) is 3. The molecule has 0 atom stereocenters. The fourth-order valence-electron chi connectivity index (χ4n) is 1.66. The van der Waals surface area contributed by atoms with Crippen LogP contribution in [-0.4, -0.2) is 11.9 Å². The molecule has 4 heteroatoms. The van der Waals surface area contributed by atoms with E-state index in [1.165, 1.54) is 0 Å². The van der Waals surface area contributed by atoms with E-state index in [1.54, 1.807) is 12.1 Å². The molecule has 2 rings (SSSR count). The first kappa shape index (κ1) is 10.2. The topological polar surface area (TPSA) is 43.4 Å². The molecule has 0 N–H and O–H groups in total. The second-order valence-electron chi connectivity index (χ2n) is 3.53. The van der Waals surface area contributed by atoms with Crippen LogP contribution < -0.4 is 0 Å². The fraction of sp³-hybridized carbons (Fsp3) is 0.273. The molecule has 1 aliphatic rings. The summed E-state index contributed by atoms with van der Waals surface area (Å²) in [5, 5.41) is 0. The third-order valence-electron chi connectivity index (χ3n) is 2.37. The number of carbonyl (C=O) groups excluding carboxylic acids is 2. The molecule has 1 aromatic rings. The molecule has 0 spiro atoms. The molecule has 0 radical (unpaired) electrons. The lowest BCUT2D eigenvalue weighted by atomic mass is 9.90. The van der Waals surface area contributed by atoms with Gasteiger partial charge in [-0.3, -0.25) is 9.59 Å². The van der Waals surface area contributed by atoms with Crippen molar-refractivity contribution in [3.05, 3.63) is 35.9 Å². The highest BCUT2D eigenvalue weighted by Gasteiger charge is 2.41. The van der Waals surface area contributed by atoms with Crippen LogP contribution in [0.25, 0.3) is 0 Å². The van der Waals surface area contributed by atoms with Gasteiger partial charge >= 0.3 is 11.9 Å². The summed E-state index contributed by atoms with van der Waals surface area (Å²) in [5.74, 6) is -1.13. The Bertz CT molecular complexity index is 384. The number of cyclic esters (lactones) is 2. The zero-order valence-corrected chi connectivity index (χ0v) is 8.66. The zero-order chi connectivity index (χ0) is 10.9. The molecule has 3 nitrogen and oxygen atoms in total. The van der Waals surface area contributed by atoms with Crippen molar-refractivity contribution in [2.45, 2.75) is 17.7 Å². The van der Waals surface area contributed by atoms with Gasteiger partial charge in [0.05, 0.1) is 17.7 Å². The Morgan fingerprint density at radius 3 is 2.13 bits per heavy atom. The molecule has 0 unspecified atom stereocenters. The molecule has 0 aromatic heterocycles. The first-order valence-corrected chi connectivity index (χ1v) is 4.96. The van der Waals surface area contributed by atoms with Crippen LogP contribution in [0.15, 0.2) is 30.3 Å². The van der Waals surface area contributed by atoms with E-state index in [9.17, 15) is 9.59 Å². The van der Waals surface area contributed by atoms with E-state index in [4.69, 9.17) is 11.6 Å². The standard InChI is InChI=1S/C11H9ClO3/c12-11(8-4-2-1-3-5-8)6-9(13)15-10(14)7-11/h1-5H,6-7H2. The van der Waals surface area contributed by atoms with Crippen LogP contribution in [0.2, 0.25) is 0 Å². The Hall–Kier alpha value is -1.35. The number of rotatable bonds is 1. The second-order valence-corrected chi connectivity index (χ2v) is 4.25. The van der Waals surface area contributed by atoms with Crippen molar-refractivity contribution in [1.29, 1.82) is 0 Å². The smallest absolute Gasteiger partial charge is 0.315 e. The van der Waals surface area contributed by atoms with Crippen molar-refractivity contribution in [3.8, 4) is 0 Å². The maximum absolute atomic E-state index is 11.1. The molecule has 1 saturated heterocycles. The molecule has 0 saturated carbocycles. The predicted octanol–water partition coefficient (Wildman–Crippen LogP) is 1.98. The summed E-state index contributed by atoms with van der Waals surface area (Å²) < 4.78 is 4.44. The summed E-state index contributed by atoms with van der Waals surface area (Å²) in [6.45, 7) is 0. The fourth-order valence-corrected chi connectivity index (χ4v) is 2.00. The zero-order valence-electron chi connectivity index (χ0n) is 7.90. The maximum atomic E-state index is 11.1. The van der Waals surface area contributed by atoms with Crippen LogP contribution in [-0.2, 0) is 19.2 Å². The molecule has 1 heterocycles. The van der Waals surface area contributed by atoms with Crippen LogP contribution in [0.3, 0.4) is 0 Å². The predicted molar refractivity (Wildman–Crippen MR) is 54.3 cm³/mol. The molecule has 0 bridgehead atoms. The Balaban J connectivity index is 2.34. The molecule has 15 heavy (non-hydrogen) atoms.